The Morgan fingerprint density at radius 2 is 2.17 bits per heavy atom. The van der Waals surface area contributed by atoms with Gasteiger partial charge in [0.15, 0.2) is 5.78 Å². The van der Waals surface area contributed by atoms with Crippen molar-refractivity contribution in [2.75, 3.05) is 13.2 Å². The normalized spacial score (nSPS) is 23.2. The van der Waals surface area contributed by atoms with Gasteiger partial charge in [-0.05, 0) is 31.0 Å². The number of hydrogen-bond acceptors (Lipinski definition) is 4. The van der Waals surface area contributed by atoms with Crippen LogP contribution in [0.3, 0.4) is 0 Å². The second kappa shape index (κ2) is 6.19. The summed E-state index contributed by atoms with van der Waals surface area (Å²) in [5.74, 6) is -0.206. The monoisotopic (exact) mass is 382 g/mol. The van der Waals surface area contributed by atoms with E-state index >= 15 is 0 Å². The highest BCUT2D eigenvalue weighted by molar-refractivity contribution is 9.10. The van der Waals surface area contributed by atoms with Crippen LogP contribution in [0.5, 0.6) is 5.75 Å². The average molecular weight is 383 g/mol. The molecule has 0 radical (unpaired) electrons. The van der Waals surface area contributed by atoms with Gasteiger partial charge in [0, 0.05) is 11.0 Å². The summed E-state index contributed by atoms with van der Waals surface area (Å²) in [5, 5.41) is 11.7. The fourth-order valence-corrected chi connectivity index (χ4v) is 3.24. The van der Waals surface area contributed by atoms with Gasteiger partial charge in [0.25, 0.3) is 0 Å². The number of nitrogens with one attached hydrogen (secondary N) is 1. The van der Waals surface area contributed by atoms with Crippen molar-refractivity contribution >= 4 is 33.7 Å². The van der Waals surface area contributed by atoms with E-state index in [4.69, 9.17) is 9.84 Å². The number of rotatable bonds is 2. The molecule has 2 heterocycles. The van der Waals surface area contributed by atoms with Crippen LogP contribution in [0.1, 0.15) is 23.2 Å². The predicted molar refractivity (Wildman–Crippen MR) is 83.7 cm³/mol. The molecule has 2 amide bonds. The molecule has 0 aromatic heterocycles. The molecule has 8 heteroatoms. The van der Waals surface area contributed by atoms with E-state index in [0.717, 1.165) is 9.37 Å². The Morgan fingerprint density at radius 3 is 2.91 bits per heavy atom. The van der Waals surface area contributed by atoms with Gasteiger partial charge in [-0.3, -0.25) is 14.5 Å². The van der Waals surface area contributed by atoms with Crippen LogP contribution in [0.25, 0.3) is 0 Å². The standard InChI is InChI=1S/C15H15BrN2O5/c16-8-3-4-9-12(6-8)23-7-10(13(9)19)17-14(20)11-2-1-5-18(11)15(21)22/h3-4,6,10-11H,1-2,5,7H2,(H,17,20)(H,21,22). The van der Waals surface area contributed by atoms with Crippen LogP contribution in [0.4, 0.5) is 4.79 Å². The fourth-order valence-electron chi connectivity index (χ4n) is 2.90. The number of benzene rings is 1. The number of nitrogens with zero attached hydrogens (tertiary/aromatic N) is 1. The van der Waals surface area contributed by atoms with Crippen LogP contribution in [-0.2, 0) is 4.79 Å². The number of likely N-dealkylation sites (tertiary alicyclic amines) is 1. The molecule has 0 saturated carbocycles. The number of Topliss-reactive ketones (excluding diaryl/α,β-unsaturated/α-hetero) is 1. The molecule has 2 aliphatic heterocycles. The molecule has 1 fully saturated rings. The molecule has 7 nitrogen and oxygen atoms in total. The van der Waals surface area contributed by atoms with Crippen LogP contribution in [0, 0.1) is 0 Å². The molecule has 2 unspecified atom stereocenters. The molecular weight excluding hydrogens is 368 g/mol. The summed E-state index contributed by atoms with van der Waals surface area (Å²) in [6, 6.07) is 3.53. The van der Waals surface area contributed by atoms with E-state index in [1.165, 1.54) is 0 Å². The van der Waals surface area contributed by atoms with E-state index < -0.39 is 24.1 Å². The molecule has 0 bridgehead atoms. The number of carbonyl (C=O) groups is 3. The summed E-state index contributed by atoms with van der Waals surface area (Å²) in [4.78, 5) is 37.0. The average Bonchev–Trinajstić information content (AvgIpc) is 3.00. The van der Waals surface area contributed by atoms with Crippen LogP contribution in [0.2, 0.25) is 0 Å². The molecule has 122 valence electrons. The van der Waals surface area contributed by atoms with Gasteiger partial charge in [-0.1, -0.05) is 15.9 Å². The van der Waals surface area contributed by atoms with Gasteiger partial charge in [0.1, 0.15) is 24.4 Å². The molecule has 23 heavy (non-hydrogen) atoms. The van der Waals surface area contributed by atoms with Crippen LogP contribution in [-0.4, -0.2) is 53.0 Å². The van der Waals surface area contributed by atoms with Crippen LogP contribution >= 0.6 is 15.9 Å². The number of ketones is 1. The number of halogens is 1. The van der Waals surface area contributed by atoms with Crippen molar-refractivity contribution in [3.63, 3.8) is 0 Å². The number of fused-ring (bicyclic) bond motifs is 1. The van der Waals surface area contributed by atoms with Crippen molar-refractivity contribution in [3.05, 3.63) is 28.2 Å². The van der Waals surface area contributed by atoms with Crippen molar-refractivity contribution in [1.29, 1.82) is 0 Å². The number of ether oxygens (including phenoxy) is 1. The van der Waals surface area contributed by atoms with Crippen molar-refractivity contribution in [2.24, 2.45) is 0 Å². The molecule has 2 N–H and O–H groups in total. The molecular formula is C15H15BrN2O5. The molecule has 1 aromatic carbocycles. The largest absolute Gasteiger partial charge is 0.490 e. The second-order valence-corrected chi connectivity index (χ2v) is 6.43. The number of carbonyl (C=O) groups excluding carboxylic acids is 2. The van der Waals surface area contributed by atoms with Gasteiger partial charge in [-0.25, -0.2) is 4.79 Å². The Hall–Kier alpha value is -2.09. The van der Waals surface area contributed by atoms with Crippen molar-refractivity contribution in [2.45, 2.75) is 24.9 Å². The van der Waals surface area contributed by atoms with Crippen molar-refractivity contribution < 1.29 is 24.2 Å². The first-order valence-corrected chi connectivity index (χ1v) is 8.03. The minimum atomic E-state index is -1.12. The fraction of sp³-hybridized carbons (Fsp3) is 0.400. The maximum Gasteiger partial charge on any atom is 0.407 e. The van der Waals surface area contributed by atoms with Gasteiger partial charge in [0.2, 0.25) is 5.91 Å². The molecule has 0 aliphatic carbocycles. The molecule has 3 rings (SSSR count). The first kappa shape index (κ1) is 15.8. The van der Waals surface area contributed by atoms with E-state index in [-0.39, 0.29) is 12.4 Å². The van der Waals surface area contributed by atoms with E-state index in [9.17, 15) is 14.4 Å². The Labute approximate surface area is 140 Å². The maximum atomic E-state index is 12.5. The zero-order valence-corrected chi connectivity index (χ0v) is 13.7. The highest BCUT2D eigenvalue weighted by atomic mass is 79.9. The van der Waals surface area contributed by atoms with Gasteiger partial charge in [-0.2, -0.15) is 0 Å². The molecule has 1 saturated heterocycles. The summed E-state index contributed by atoms with van der Waals surface area (Å²) in [5.41, 5.74) is 0.409. The van der Waals surface area contributed by atoms with E-state index in [1.807, 2.05) is 0 Å². The van der Waals surface area contributed by atoms with Crippen LogP contribution in [0.15, 0.2) is 22.7 Å². The maximum absolute atomic E-state index is 12.5. The summed E-state index contributed by atoms with van der Waals surface area (Å²) in [7, 11) is 0. The number of hydrogen-bond donors (Lipinski definition) is 2. The predicted octanol–water partition coefficient (Wildman–Crippen LogP) is 1.65. The molecule has 0 spiro atoms. The summed E-state index contributed by atoms with van der Waals surface area (Å²) in [6.07, 6.45) is -0.0242. The zero-order valence-electron chi connectivity index (χ0n) is 12.1. The van der Waals surface area contributed by atoms with Gasteiger partial charge >= 0.3 is 6.09 Å². The van der Waals surface area contributed by atoms with Gasteiger partial charge in [-0.15, -0.1) is 0 Å². The SMILES string of the molecule is O=C1c2ccc(Br)cc2OCC1NC(=O)C1CCCN1C(=O)O. The summed E-state index contributed by atoms with van der Waals surface area (Å²) < 4.78 is 6.33. The second-order valence-electron chi connectivity index (χ2n) is 5.51. The lowest BCUT2D eigenvalue weighted by Crippen LogP contribution is -2.53. The third kappa shape index (κ3) is 3.03. The number of carboxylic acid groups (broad SMARTS) is 1. The molecule has 1 aromatic rings. The zero-order chi connectivity index (χ0) is 16.6. The van der Waals surface area contributed by atoms with E-state index in [1.54, 1.807) is 18.2 Å². The third-order valence-electron chi connectivity index (χ3n) is 4.05. The summed E-state index contributed by atoms with van der Waals surface area (Å²) >= 11 is 3.31. The van der Waals surface area contributed by atoms with Gasteiger partial charge in [0.05, 0.1) is 5.56 Å². The highest BCUT2D eigenvalue weighted by Gasteiger charge is 2.37. The lowest BCUT2D eigenvalue weighted by Gasteiger charge is -2.27. The van der Waals surface area contributed by atoms with E-state index in [2.05, 4.69) is 21.2 Å². The minimum Gasteiger partial charge on any atom is -0.490 e. The van der Waals surface area contributed by atoms with Crippen molar-refractivity contribution in [1.82, 2.24) is 10.2 Å². The quantitative estimate of drug-likeness (QED) is 0.810. The molecule has 2 atom stereocenters. The Kier molecular flexibility index (Phi) is 4.25. The lowest BCUT2D eigenvalue weighted by molar-refractivity contribution is -0.125. The van der Waals surface area contributed by atoms with Crippen molar-refractivity contribution in [3.8, 4) is 5.75 Å². The molecule has 2 aliphatic rings. The summed E-state index contributed by atoms with van der Waals surface area (Å²) in [6.45, 7) is 0.368. The first-order valence-electron chi connectivity index (χ1n) is 7.24. The first-order chi connectivity index (χ1) is 11.0. The third-order valence-corrected chi connectivity index (χ3v) is 4.54. The number of amides is 2. The van der Waals surface area contributed by atoms with Crippen LogP contribution < -0.4 is 10.1 Å². The lowest BCUT2D eigenvalue weighted by atomic mass is 10.0. The smallest absolute Gasteiger partial charge is 0.407 e. The van der Waals surface area contributed by atoms with Gasteiger partial charge < -0.3 is 15.2 Å². The Morgan fingerprint density at radius 1 is 1.39 bits per heavy atom. The van der Waals surface area contributed by atoms with E-state index in [0.29, 0.717) is 30.7 Å². The Bertz CT molecular complexity index is 678. The minimum absolute atomic E-state index is 0.0355. The Balaban J connectivity index is 1.71. The topological polar surface area (TPSA) is 95.9 Å². The highest BCUT2D eigenvalue weighted by Crippen LogP contribution is 2.28.